The zero-order valence-corrected chi connectivity index (χ0v) is 23.0. The molecule has 0 aromatic heterocycles. The van der Waals surface area contributed by atoms with Gasteiger partial charge in [-0.15, -0.1) is 0 Å². The van der Waals surface area contributed by atoms with Crippen molar-refractivity contribution in [3.63, 3.8) is 0 Å². The zero-order chi connectivity index (χ0) is 26.8. The second-order valence-corrected chi connectivity index (χ2v) is 10.8. The molecule has 0 bridgehead atoms. The second kappa shape index (κ2) is 13.8. The summed E-state index contributed by atoms with van der Waals surface area (Å²) in [4.78, 5) is 29.1. The van der Waals surface area contributed by atoms with Gasteiger partial charge in [-0.05, 0) is 47.4 Å². The minimum absolute atomic E-state index is 0.00456. The first-order chi connectivity index (χ1) is 17.7. The summed E-state index contributed by atoms with van der Waals surface area (Å²) in [6, 6.07) is 26.1. The molecule has 0 radical (unpaired) electrons. The van der Waals surface area contributed by atoms with Crippen molar-refractivity contribution in [1.29, 1.82) is 0 Å². The van der Waals surface area contributed by atoms with Crippen LogP contribution in [0.5, 0.6) is 0 Å². The van der Waals surface area contributed by atoms with E-state index in [1.165, 1.54) is 5.56 Å². The average Bonchev–Trinajstić information content (AvgIpc) is 2.88. The fourth-order valence-corrected chi connectivity index (χ4v) is 4.45. The van der Waals surface area contributed by atoms with E-state index in [-0.39, 0.29) is 11.8 Å². The highest BCUT2D eigenvalue weighted by atomic mass is 16.2. The van der Waals surface area contributed by atoms with Crippen LogP contribution in [-0.2, 0) is 29.0 Å². The van der Waals surface area contributed by atoms with E-state index in [2.05, 4.69) is 63.3 Å². The predicted molar refractivity (Wildman–Crippen MR) is 152 cm³/mol. The molecule has 37 heavy (non-hydrogen) atoms. The van der Waals surface area contributed by atoms with E-state index in [4.69, 9.17) is 0 Å². The maximum absolute atomic E-state index is 13.8. The van der Waals surface area contributed by atoms with Gasteiger partial charge in [0.25, 0.3) is 0 Å². The number of benzene rings is 3. The highest BCUT2D eigenvalue weighted by Crippen LogP contribution is 2.19. The van der Waals surface area contributed by atoms with Crippen molar-refractivity contribution in [1.82, 2.24) is 10.2 Å². The molecule has 4 heteroatoms. The molecule has 0 spiro atoms. The summed E-state index contributed by atoms with van der Waals surface area (Å²) in [5, 5.41) is 3.09. The van der Waals surface area contributed by atoms with Gasteiger partial charge in [-0.25, -0.2) is 0 Å². The van der Waals surface area contributed by atoms with E-state index in [9.17, 15) is 9.59 Å². The quantitative estimate of drug-likeness (QED) is 0.311. The van der Waals surface area contributed by atoms with E-state index in [0.29, 0.717) is 44.2 Å². The van der Waals surface area contributed by atoms with Crippen LogP contribution in [0.1, 0.15) is 67.9 Å². The highest BCUT2D eigenvalue weighted by Gasteiger charge is 2.30. The Labute approximate surface area is 223 Å². The molecule has 0 aliphatic heterocycles. The van der Waals surface area contributed by atoms with Crippen molar-refractivity contribution in [2.45, 2.75) is 72.4 Å². The summed E-state index contributed by atoms with van der Waals surface area (Å²) in [6.45, 7) is 11.5. The molecule has 0 aliphatic carbocycles. The lowest BCUT2D eigenvalue weighted by molar-refractivity contribution is -0.141. The van der Waals surface area contributed by atoms with Crippen molar-refractivity contribution in [2.75, 3.05) is 6.54 Å². The van der Waals surface area contributed by atoms with Gasteiger partial charge in [0.05, 0.1) is 0 Å². The fourth-order valence-electron chi connectivity index (χ4n) is 4.45. The molecule has 1 N–H and O–H groups in total. The van der Waals surface area contributed by atoms with E-state index in [0.717, 1.165) is 22.3 Å². The van der Waals surface area contributed by atoms with E-state index < -0.39 is 6.04 Å². The zero-order valence-electron chi connectivity index (χ0n) is 23.0. The van der Waals surface area contributed by atoms with Crippen LogP contribution in [0, 0.1) is 12.8 Å². The Bertz CT molecular complexity index is 1140. The summed E-state index contributed by atoms with van der Waals surface area (Å²) in [6.07, 6.45) is 1.48. The standard InChI is InChI=1S/C33H42N2O2/c1-24(2)22-34-33(37)31(21-28-11-7-6-8-12-28)35(23-29-13-9-10-26(5)20-29)32(36)19-16-27-14-17-30(18-15-27)25(3)4/h6-15,17-18,20,24-25,31H,16,19,21-23H2,1-5H3,(H,34,37)/t31-/m1/s1. The van der Waals surface area contributed by atoms with Gasteiger partial charge in [-0.2, -0.15) is 0 Å². The number of rotatable bonds is 12. The first kappa shape index (κ1) is 28.2. The molecule has 0 unspecified atom stereocenters. The van der Waals surface area contributed by atoms with Crippen LogP contribution >= 0.6 is 0 Å². The predicted octanol–water partition coefficient (Wildman–Crippen LogP) is 6.46. The van der Waals surface area contributed by atoms with Gasteiger partial charge in [0.2, 0.25) is 11.8 Å². The molecule has 0 heterocycles. The number of aryl methyl sites for hydroxylation is 2. The number of carbonyl (C=O) groups excluding carboxylic acids is 2. The molecular formula is C33H42N2O2. The summed E-state index contributed by atoms with van der Waals surface area (Å²) >= 11 is 0. The molecule has 4 nitrogen and oxygen atoms in total. The Morgan fingerprint density at radius 2 is 1.49 bits per heavy atom. The Balaban J connectivity index is 1.87. The lowest BCUT2D eigenvalue weighted by Gasteiger charge is -2.32. The fraction of sp³-hybridized carbons (Fsp3) is 0.394. The van der Waals surface area contributed by atoms with Crippen molar-refractivity contribution in [2.24, 2.45) is 5.92 Å². The molecule has 0 saturated heterocycles. The van der Waals surface area contributed by atoms with Crippen LogP contribution in [0.4, 0.5) is 0 Å². The maximum Gasteiger partial charge on any atom is 0.243 e. The number of hydrogen-bond donors (Lipinski definition) is 1. The minimum atomic E-state index is -0.586. The Morgan fingerprint density at radius 1 is 0.811 bits per heavy atom. The maximum atomic E-state index is 13.8. The van der Waals surface area contributed by atoms with Gasteiger partial charge in [-0.3, -0.25) is 9.59 Å². The lowest BCUT2D eigenvalue weighted by Crippen LogP contribution is -2.51. The van der Waals surface area contributed by atoms with Gasteiger partial charge in [0.1, 0.15) is 6.04 Å². The largest absolute Gasteiger partial charge is 0.354 e. The molecular weight excluding hydrogens is 456 g/mol. The van der Waals surface area contributed by atoms with Gasteiger partial charge in [0, 0.05) is 25.9 Å². The normalized spacial score (nSPS) is 12.0. The molecule has 1 atom stereocenters. The molecule has 0 fully saturated rings. The molecule has 0 aliphatic rings. The van der Waals surface area contributed by atoms with E-state index in [1.807, 2.05) is 55.5 Å². The van der Waals surface area contributed by atoms with Gasteiger partial charge in [0.15, 0.2) is 0 Å². The summed E-state index contributed by atoms with van der Waals surface area (Å²) < 4.78 is 0. The smallest absolute Gasteiger partial charge is 0.243 e. The molecule has 196 valence electrons. The first-order valence-corrected chi connectivity index (χ1v) is 13.5. The third-order valence-electron chi connectivity index (χ3n) is 6.66. The minimum Gasteiger partial charge on any atom is -0.354 e. The molecule has 3 rings (SSSR count). The lowest BCUT2D eigenvalue weighted by atomic mass is 9.99. The van der Waals surface area contributed by atoms with Gasteiger partial charge in [-0.1, -0.05) is 112 Å². The molecule has 0 saturated carbocycles. The molecule has 3 aromatic rings. The third-order valence-corrected chi connectivity index (χ3v) is 6.66. The SMILES string of the molecule is Cc1cccc(CN(C(=O)CCc2ccc(C(C)C)cc2)[C@H](Cc2ccccc2)C(=O)NCC(C)C)c1. The van der Waals surface area contributed by atoms with Crippen molar-refractivity contribution >= 4 is 11.8 Å². The second-order valence-electron chi connectivity index (χ2n) is 10.8. The van der Waals surface area contributed by atoms with E-state index >= 15 is 0 Å². The number of hydrogen-bond acceptors (Lipinski definition) is 2. The topological polar surface area (TPSA) is 49.4 Å². The van der Waals surface area contributed by atoms with Crippen molar-refractivity contribution in [3.8, 4) is 0 Å². The van der Waals surface area contributed by atoms with Crippen LogP contribution < -0.4 is 5.32 Å². The highest BCUT2D eigenvalue weighted by molar-refractivity contribution is 5.88. The van der Waals surface area contributed by atoms with Crippen molar-refractivity contribution in [3.05, 3.63) is 107 Å². The van der Waals surface area contributed by atoms with Crippen LogP contribution in [0.25, 0.3) is 0 Å². The summed E-state index contributed by atoms with van der Waals surface area (Å²) in [5.74, 6) is 0.703. The molecule has 2 amide bonds. The van der Waals surface area contributed by atoms with Crippen molar-refractivity contribution < 1.29 is 9.59 Å². The van der Waals surface area contributed by atoms with Crippen LogP contribution in [-0.4, -0.2) is 29.3 Å². The first-order valence-electron chi connectivity index (χ1n) is 13.5. The number of carbonyl (C=O) groups is 2. The van der Waals surface area contributed by atoms with Crippen LogP contribution in [0.3, 0.4) is 0 Å². The monoisotopic (exact) mass is 498 g/mol. The number of nitrogens with one attached hydrogen (secondary N) is 1. The van der Waals surface area contributed by atoms with E-state index in [1.54, 1.807) is 4.90 Å². The summed E-state index contributed by atoms with van der Waals surface area (Å²) in [7, 11) is 0. The Morgan fingerprint density at radius 3 is 2.11 bits per heavy atom. The number of amides is 2. The summed E-state index contributed by atoms with van der Waals surface area (Å²) in [5.41, 5.74) is 5.64. The number of nitrogens with zero attached hydrogens (tertiary/aromatic N) is 1. The Hall–Kier alpha value is -3.40. The third kappa shape index (κ3) is 8.89. The van der Waals surface area contributed by atoms with Gasteiger partial charge < -0.3 is 10.2 Å². The molecule has 3 aromatic carbocycles. The van der Waals surface area contributed by atoms with Crippen LogP contribution in [0.15, 0.2) is 78.9 Å². The van der Waals surface area contributed by atoms with Gasteiger partial charge >= 0.3 is 0 Å². The van der Waals surface area contributed by atoms with Crippen LogP contribution in [0.2, 0.25) is 0 Å². The Kier molecular flexibility index (Phi) is 10.5. The average molecular weight is 499 g/mol.